The number of nitrogens with zero attached hydrogens (tertiary/aromatic N) is 4. The van der Waals surface area contributed by atoms with E-state index in [9.17, 15) is 0 Å². The van der Waals surface area contributed by atoms with Crippen LogP contribution in [0.1, 0.15) is 11.4 Å². The third-order valence-corrected chi connectivity index (χ3v) is 4.98. The number of rotatable bonds is 5. The molecule has 0 unspecified atom stereocenters. The maximum atomic E-state index is 5.96. The first-order valence-electron chi connectivity index (χ1n) is 8.13. The van der Waals surface area contributed by atoms with Gasteiger partial charge in [0.1, 0.15) is 11.6 Å². The van der Waals surface area contributed by atoms with Crippen molar-refractivity contribution < 1.29 is 4.74 Å². The highest BCUT2D eigenvalue weighted by Crippen LogP contribution is 2.20. The molecule has 1 aliphatic rings. The largest absolute Gasteiger partial charge is 0.492 e. The summed E-state index contributed by atoms with van der Waals surface area (Å²) in [6.45, 7) is 4.46. The van der Waals surface area contributed by atoms with Gasteiger partial charge in [-0.25, -0.2) is 4.98 Å². The number of thiophene rings is 1. The van der Waals surface area contributed by atoms with Crippen LogP contribution < -0.4 is 4.74 Å². The van der Waals surface area contributed by atoms with Crippen molar-refractivity contribution in [2.45, 2.75) is 19.6 Å². The lowest BCUT2D eigenvalue weighted by Gasteiger charge is -2.23. The van der Waals surface area contributed by atoms with Crippen LogP contribution in [0.25, 0.3) is 0 Å². The molecule has 6 heteroatoms. The highest BCUT2D eigenvalue weighted by Gasteiger charge is 2.23. The predicted molar refractivity (Wildman–Crippen MR) is 93.9 cm³/mol. The molecule has 0 amide bonds. The Morgan fingerprint density at radius 1 is 1.25 bits per heavy atom. The summed E-state index contributed by atoms with van der Waals surface area (Å²) in [4.78, 5) is 11.1. The van der Waals surface area contributed by atoms with E-state index in [1.165, 1.54) is 5.56 Å². The van der Waals surface area contributed by atoms with Crippen LogP contribution in [0.4, 0.5) is 0 Å². The van der Waals surface area contributed by atoms with Crippen molar-refractivity contribution >= 4 is 11.3 Å². The lowest BCUT2D eigenvalue weighted by Crippen LogP contribution is -2.30. The second-order valence-corrected chi connectivity index (χ2v) is 6.94. The first-order valence-corrected chi connectivity index (χ1v) is 9.07. The maximum absolute atomic E-state index is 5.96. The minimum absolute atomic E-state index is 0.416. The molecule has 24 heavy (non-hydrogen) atoms. The first-order chi connectivity index (χ1) is 11.9. The quantitative estimate of drug-likeness (QED) is 0.716. The van der Waals surface area contributed by atoms with E-state index in [2.05, 4.69) is 42.5 Å². The molecule has 1 aliphatic heterocycles. The highest BCUT2D eigenvalue weighted by atomic mass is 32.1. The van der Waals surface area contributed by atoms with Gasteiger partial charge >= 0.3 is 0 Å². The lowest BCUT2D eigenvalue weighted by atomic mass is 10.1. The predicted octanol–water partition coefficient (Wildman–Crippen LogP) is 3.05. The zero-order valence-corrected chi connectivity index (χ0v) is 14.2. The highest BCUT2D eigenvalue weighted by molar-refractivity contribution is 7.07. The average Bonchev–Trinajstić information content (AvgIpc) is 3.23. The van der Waals surface area contributed by atoms with Crippen molar-refractivity contribution in [3.63, 3.8) is 0 Å². The van der Waals surface area contributed by atoms with Crippen LogP contribution in [0.3, 0.4) is 0 Å². The SMILES string of the molecule is c1cncc(OC[C@@H]2CN(Cc3ccsc3)Cc3nccn3C2)c1. The van der Waals surface area contributed by atoms with Gasteiger partial charge in [0.2, 0.25) is 0 Å². The van der Waals surface area contributed by atoms with Crippen LogP contribution in [-0.2, 0) is 19.6 Å². The number of imidazole rings is 1. The van der Waals surface area contributed by atoms with Crippen LogP contribution in [0.15, 0.2) is 53.7 Å². The Hall–Kier alpha value is -2.18. The first kappa shape index (κ1) is 15.4. The molecule has 0 aromatic carbocycles. The molecule has 124 valence electrons. The van der Waals surface area contributed by atoms with Gasteiger partial charge in [-0.3, -0.25) is 9.88 Å². The molecule has 3 aromatic rings. The molecule has 3 aromatic heterocycles. The molecule has 0 bridgehead atoms. The van der Waals surface area contributed by atoms with Crippen molar-refractivity contribution in [3.8, 4) is 5.75 Å². The maximum Gasteiger partial charge on any atom is 0.137 e. The van der Waals surface area contributed by atoms with Crippen LogP contribution in [0.5, 0.6) is 5.75 Å². The van der Waals surface area contributed by atoms with Crippen LogP contribution in [-0.4, -0.2) is 32.6 Å². The van der Waals surface area contributed by atoms with Crippen molar-refractivity contribution in [1.82, 2.24) is 19.4 Å². The number of ether oxygens (including phenoxy) is 1. The minimum atomic E-state index is 0.416. The topological polar surface area (TPSA) is 43.2 Å². The van der Waals surface area contributed by atoms with E-state index in [0.717, 1.165) is 37.8 Å². The van der Waals surface area contributed by atoms with E-state index in [4.69, 9.17) is 4.74 Å². The van der Waals surface area contributed by atoms with Crippen LogP contribution in [0.2, 0.25) is 0 Å². The molecule has 0 radical (unpaired) electrons. The van der Waals surface area contributed by atoms with E-state index in [0.29, 0.717) is 12.5 Å². The Labute approximate surface area is 145 Å². The van der Waals surface area contributed by atoms with Gasteiger partial charge in [0.25, 0.3) is 0 Å². The number of hydrogen-bond donors (Lipinski definition) is 0. The van der Waals surface area contributed by atoms with E-state index in [1.807, 2.05) is 18.3 Å². The smallest absolute Gasteiger partial charge is 0.137 e. The molecule has 4 rings (SSSR count). The normalized spacial score (nSPS) is 18.1. The fourth-order valence-corrected chi connectivity index (χ4v) is 3.80. The Kier molecular flexibility index (Phi) is 4.57. The van der Waals surface area contributed by atoms with Gasteiger partial charge in [-0.1, -0.05) is 0 Å². The van der Waals surface area contributed by atoms with Crippen molar-refractivity contribution in [2.75, 3.05) is 13.2 Å². The van der Waals surface area contributed by atoms with Gasteiger partial charge in [-0.15, -0.1) is 0 Å². The standard InChI is InChI=1S/C18H20N4OS/c1-2-17(8-19-4-1)23-13-16-10-21(9-15-3-7-24-14-15)12-18-20-5-6-22(18)11-16/h1-8,14,16H,9-13H2/t16-/m1/s1. The minimum Gasteiger partial charge on any atom is -0.492 e. The van der Waals surface area contributed by atoms with Gasteiger partial charge in [-0.2, -0.15) is 11.3 Å². The summed E-state index contributed by atoms with van der Waals surface area (Å²) in [5.74, 6) is 2.38. The van der Waals surface area contributed by atoms with Gasteiger partial charge < -0.3 is 9.30 Å². The van der Waals surface area contributed by atoms with E-state index in [1.54, 1.807) is 23.7 Å². The van der Waals surface area contributed by atoms with E-state index < -0.39 is 0 Å². The Bertz CT molecular complexity index is 756. The fraction of sp³-hybridized carbons (Fsp3) is 0.333. The molecule has 4 heterocycles. The third-order valence-electron chi connectivity index (χ3n) is 4.24. The molecule has 0 aliphatic carbocycles. The summed E-state index contributed by atoms with van der Waals surface area (Å²) in [5, 5.41) is 4.36. The molecule has 0 spiro atoms. The van der Waals surface area contributed by atoms with Gasteiger partial charge in [0, 0.05) is 44.1 Å². The van der Waals surface area contributed by atoms with E-state index in [-0.39, 0.29) is 0 Å². The molecular formula is C18H20N4OS. The second-order valence-electron chi connectivity index (χ2n) is 6.16. The van der Waals surface area contributed by atoms with Crippen molar-refractivity contribution in [1.29, 1.82) is 0 Å². The summed E-state index contributed by atoms with van der Waals surface area (Å²) in [6, 6.07) is 6.05. The summed E-state index contributed by atoms with van der Waals surface area (Å²) in [5.41, 5.74) is 1.37. The summed E-state index contributed by atoms with van der Waals surface area (Å²) < 4.78 is 8.21. The zero-order chi connectivity index (χ0) is 16.2. The van der Waals surface area contributed by atoms with Crippen LogP contribution in [0, 0.1) is 5.92 Å². The summed E-state index contributed by atoms with van der Waals surface area (Å²) in [7, 11) is 0. The molecule has 0 N–H and O–H groups in total. The third kappa shape index (κ3) is 3.66. The van der Waals surface area contributed by atoms with Gasteiger partial charge in [0.05, 0.1) is 19.3 Å². The molecule has 0 saturated heterocycles. The van der Waals surface area contributed by atoms with E-state index >= 15 is 0 Å². The summed E-state index contributed by atoms with van der Waals surface area (Å²) in [6.07, 6.45) is 7.49. The number of aromatic nitrogens is 3. The molecular weight excluding hydrogens is 320 g/mol. The van der Waals surface area contributed by atoms with Gasteiger partial charge in [-0.05, 0) is 34.5 Å². The van der Waals surface area contributed by atoms with Gasteiger partial charge in [0.15, 0.2) is 0 Å². The fourth-order valence-electron chi connectivity index (χ4n) is 3.14. The molecule has 1 atom stereocenters. The molecule has 0 saturated carbocycles. The lowest BCUT2D eigenvalue weighted by molar-refractivity contribution is 0.167. The van der Waals surface area contributed by atoms with Crippen molar-refractivity contribution in [3.05, 3.63) is 65.1 Å². The number of fused-ring (bicyclic) bond motifs is 1. The monoisotopic (exact) mass is 340 g/mol. The summed E-state index contributed by atoms with van der Waals surface area (Å²) >= 11 is 1.75. The average molecular weight is 340 g/mol. The number of hydrogen-bond acceptors (Lipinski definition) is 5. The zero-order valence-electron chi connectivity index (χ0n) is 13.4. The van der Waals surface area contributed by atoms with Crippen LogP contribution >= 0.6 is 11.3 Å². The molecule has 0 fully saturated rings. The Balaban J connectivity index is 1.46. The second kappa shape index (κ2) is 7.15. The Morgan fingerprint density at radius 3 is 3.08 bits per heavy atom. The van der Waals surface area contributed by atoms with Crippen molar-refractivity contribution in [2.24, 2.45) is 5.92 Å². The Morgan fingerprint density at radius 2 is 2.25 bits per heavy atom. The number of pyridine rings is 1. The molecule has 5 nitrogen and oxygen atoms in total.